The molecule has 2 amide bonds. The zero-order valence-corrected chi connectivity index (χ0v) is 19.3. The lowest BCUT2D eigenvalue weighted by atomic mass is 9.97. The van der Waals surface area contributed by atoms with E-state index < -0.39 is 0 Å². The lowest BCUT2D eigenvalue weighted by Crippen LogP contribution is -2.38. The Morgan fingerprint density at radius 3 is 2.76 bits per heavy atom. The summed E-state index contributed by atoms with van der Waals surface area (Å²) in [6.45, 7) is 3.43. The summed E-state index contributed by atoms with van der Waals surface area (Å²) < 4.78 is 0. The Labute approximate surface area is 201 Å². The third kappa shape index (κ3) is 5.35. The van der Waals surface area contributed by atoms with Crippen LogP contribution in [0.5, 0.6) is 0 Å². The molecule has 3 aromatic rings. The maximum atomic E-state index is 11.8. The third-order valence-corrected chi connectivity index (χ3v) is 6.71. The summed E-state index contributed by atoms with van der Waals surface area (Å²) in [5.74, 6) is 0.855. The number of rotatable bonds is 7. The molecule has 5 rings (SSSR count). The van der Waals surface area contributed by atoms with Crippen molar-refractivity contribution in [2.45, 2.75) is 19.4 Å². The van der Waals surface area contributed by atoms with Crippen LogP contribution in [0.15, 0.2) is 53.7 Å². The summed E-state index contributed by atoms with van der Waals surface area (Å²) in [5, 5.41) is 5.46. The van der Waals surface area contributed by atoms with E-state index in [1.54, 1.807) is 18.3 Å². The molecule has 10 heteroatoms. The van der Waals surface area contributed by atoms with E-state index in [9.17, 15) is 9.59 Å². The first-order valence-electron chi connectivity index (χ1n) is 11.3. The largest absolute Gasteiger partial charge is 0.360 e. The summed E-state index contributed by atoms with van der Waals surface area (Å²) >= 11 is 0.891. The molecule has 174 valence electrons. The summed E-state index contributed by atoms with van der Waals surface area (Å²) in [4.78, 5) is 42.6. The minimum absolute atomic E-state index is 0.354. The molecule has 9 nitrogen and oxygen atoms in total. The molecular weight excluding hydrogens is 450 g/mol. The normalized spacial score (nSPS) is 18.0. The van der Waals surface area contributed by atoms with Crippen LogP contribution in [-0.4, -0.2) is 50.7 Å². The van der Waals surface area contributed by atoms with Gasteiger partial charge in [0.2, 0.25) is 5.95 Å². The van der Waals surface area contributed by atoms with Gasteiger partial charge < -0.3 is 15.2 Å². The van der Waals surface area contributed by atoms with Crippen LogP contribution < -0.4 is 15.5 Å². The first kappa shape index (κ1) is 22.3. The molecule has 2 aliphatic rings. The Morgan fingerprint density at radius 1 is 1.12 bits per heavy atom. The topological polar surface area (TPSA) is 116 Å². The molecule has 34 heavy (non-hydrogen) atoms. The number of nitrogens with zero attached hydrogens (tertiary/aromatic N) is 4. The number of H-pyrrole nitrogens is 1. The molecule has 2 fully saturated rings. The number of pyridine rings is 1. The van der Waals surface area contributed by atoms with Gasteiger partial charge in [-0.25, -0.2) is 15.0 Å². The SMILES string of the molecule is O=C1NC(=O)/C(=C/c2ccnc(N3CCC(CNCc4cccc(-c5ccc[nH]5)n4)CC3)n2)S1. The van der Waals surface area contributed by atoms with Gasteiger partial charge in [-0.15, -0.1) is 0 Å². The van der Waals surface area contributed by atoms with Crippen LogP contribution in [0.3, 0.4) is 0 Å². The van der Waals surface area contributed by atoms with Crippen molar-refractivity contribution < 1.29 is 9.59 Å². The van der Waals surface area contributed by atoms with Gasteiger partial charge in [0.05, 0.1) is 27.7 Å². The monoisotopic (exact) mass is 475 g/mol. The molecule has 0 bridgehead atoms. The quantitative estimate of drug-likeness (QED) is 0.446. The van der Waals surface area contributed by atoms with Crippen molar-refractivity contribution in [2.24, 2.45) is 5.92 Å². The predicted octanol–water partition coefficient (Wildman–Crippen LogP) is 3.20. The molecule has 0 atom stereocenters. The van der Waals surface area contributed by atoms with E-state index in [0.717, 1.165) is 67.9 Å². The van der Waals surface area contributed by atoms with Crippen molar-refractivity contribution in [2.75, 3.05) is 24.5 Å². The van der Waals surface area contributed by atoms with Crippen molar-refractivity contribution in [1.29, 1.82) is 0 Å². The standard InChI is InChI=1S/C24H25N7O2S/c32-22-21(34-24(33)30-22)13-17-6-10-27-23(29-17)31-11-7-16(8-12-31)14-25-15-18-3-1-4-20(28-18)19-5-2-9-26-19/h1-6,9-10,13,16,25-26H,7-8,11-12,14-15H2,(H,30,32,33)/b21-13-. The highest BCUT2D eigenvalue weighted by molar-refractivity contribution is 8.18. The molecule has 0 aliphatic carbocycles. The van der Waals surface area contributed by atoms with Crippen molar-refractivity contribution in [3.05, 3.63) is 65.1 Å². The number of amides is 2. The van der Waals surface area contributed by atoms with Crippen molar-refractivity contribution >= 4 is 34.9 Å². The second-order valence-electron chi connectivity index (χ2n) is 8.29. The first-order chi connectivity index (χ1) is 16.6. The highest BCUT2D eigenvalue weighted by Gasteiger charge is 2.25. The van der Waals surface area contributed by atoms with Crippen LogP contribution in [0.25, 0.3) is 17.5 Å². The van der Waals surface area contributed by atoms with Gasteiger partial charge in [-0.3, -0.25) is 14.9 Å². The average Bonchev–Trinajstić information content (AvgIpc) is 3.50. The van der Waals surface area contributed by atoms with Gasteiger partial charge in [-0.1, -0.05) is 6.07 Å². The number of thioether (sulfide) groups is 1. The van der Waals surface area contributed by atoms with E-state index in [1.807, 2.05) is 36.5 Å². The highest BCUT2D eigenvalue weighted by atomic mass is 32.2. The summed E-state index contributed by atoms with van der Waals surface area (Å²) in [5.41, 5.74) is 3.62. The van der Waals surface area contributed by atoms with Gasteiger partial charge >= 0.3 is 0 Å². The number of carbonyl (C=O) groups is 2. The molecule has 0 unspecified atom stereocenters. The Kier molecular flexibility index (Phi) is 6.68. The number of piperidine rings is 1. The second-order valence-corrected chi connectivity index (χ2v) is 9.31. The minimum Gasteiger partial charge on any atom is -0.360 e. The van der Waals surface area contributed by atoms with E-state index in [0.29, 0.717) is 22.5 Å². The second kappa shape index (κ2) is 10.2. The van der Waals surface area contributed by atoms with Gasteiger partial charge in [0.25, 0.3) is 11.1 Å². The highest BCUT2D eigenvalue weighted by Crippen LogP contribution is 2.26. The van der Waals surface area contributed by atoms with E-state index in [-0.39, 0.29) is 11.1 Å². The molecule has 2 saturated heterocycles. The van der Waals surface area contributed by atoms with Gasteiger partial charge in [-0.2, -0.15) is 0 Å². The van der Waals surface area contributed by atoms with Crippen molar-refractivity contribution in [3.63, 3.8) is 0 Å². The number of hydrogen-bond donors (Lipinski definition) is 3. The van der Waals surface area contributed by atoms with Crippen LogP contribution >= 0.6 is 11.8 Å². The number of imide groups is 1. The molecule has 2 aliphatic heterocycles. The zero-order chi connectivity index (χ0) is 23.3. The lowest BCUT2D eigenvalue weighted by Gasteiger charge is -2.32. The van der Waals surface area contributed by atoms with Crippen molar-refractivity contribution in [1.82, 2.24) is 30.6 Å². The number of hydrogen-bond acceptors (Lipinski definition) is 8. The number of nitrogens with one attached hydrogen (secondary N) is 3. The fourth-order valence-corrected chi connectivity index (χ4v) is 4.78. The van der Waals surface area contributed by atoms with Crippen LogP contribution in [-0.2, 0) is 11.3 Å². The lowest BCUT2D eigenvalue weighted by molar-refractivity contribution is -0.115. The number of carbonyl (C=O) groups excluding carboxylic acids is 2. The number of aromatic nitrogens is 4. The molecule has 0 radical (unpaired) electrons. The molecule has 0 saturated carbocycles. The van der Waals surface area contributed by atoms with Gasteiger partial charge in [-0.05, 0) is 73.5 Å². The van der Waals surface area contributed by atoms with Gasteiger partial charge in [0.15, 0.2) is 0 Å². The van der Waals surface area contributed by atoms with E-state index >= 15 is 0 Å². The van der Waals surface area contributed by atoms with Crippen LogP contribution in [0.2, 0.25) is 0 Å². The molecule has 5 heterocycles. The van der Waals surface area contributed by atoms with Crippen molar-refractivity contribution in [3.8, 4) is 11.4 Å². The Bertz CT molecular complexity index is 1200. The number of anilines is 1. The predicted molar refractivity (Wildman–Crippen MR) is 132 cm³/mol. The van der Waals surface area contributed by atoms with Crippen LogP contribution in [0.1, 0.15) is 24.2 Å². The summed E-state index contributed by atoms with van der Waals surface area (Å²) in [7, 11) is 0. The Hall–Kier alpha value is -3.50. The Balaban J connectivity index is 1.11. The Morgan fingerprint density at radius 2 is 2.00 bits per heavy atom. The van der Waals surface area contributed by atoms with E-state index in [2.05, 4.69) is 30.5 Å². The third-order valence-electron chi connectivity index (χ3n) is 5.90. The fraction of sp³-hybridized carbons (Fsp3) is 0.292. The molecule has 3 aromatic heterocycles. The minimum atomic E-state index is -0.380. The maximum absolute atomic E-state index is 11.8. The molecular formula is C24H25N7O2S. The maximum Gasteiger partial charge on any atom is 0.290 e. The summed E-state index contributed by atoms with van der Waals surface area (Å²) in [6.07, 6.45) is 7.32. The van der Waals surface area contributed by atoms with Gasteiger partial charge in [0, 0.05) is 32.0 Å². The molecule has 3 N–H and O–H groups in total. The first-order valence-corrected chi connectivity index (χ1v) is 12.1. The van der Waals surface area contributed by atoms with E-state index in [1.165, 1.54) is 0 Å². The zero-order valence-electron chi connectivity index (χ0n) is 18.5. The average molecular weight is 476 g/mol. The summed E-state index contributed by atoms with van der Waals surface area (Å²) in [6, 6.07) is 11.8. The number of aromatic amines is 1. The molecule has 0 spiro atoms. The molecule has 0 aromatic carbocycles. The van der Waals surface area contributed by atoms with Crippen LogP contribution in [0.4, 0.5) is 10.7 Å². The smallest absolute Gasteiger partial charge is 0.290 e. The van der Waals surface area contributed by atoms with E-state index in [4.69, 9.17) is 4.98 Å². The van der Waals surface area contributed by atoms with Crippen LogP contribution in [0, 0.1) is 5.92 Å². The fourth-order valence-electron chi connectivity index (χ4n) is 4.11. The van der Waals surface area contributed by atoms with Gasteiger partial charge in [0.1, 0.15) is 0 Å².